The summed E-state index contributed by atoms with van der Waals surface area (Å²) in [5, 5.41) is 5.74. The molecule has 0 spiro atoms. The predicted molar refractivity (Wildman–Crippen MR) is 82.0 cm³/mol. The molecule has 0 bridgehead atoms. The van der Waals surface area contributed by atoms with Crippen LogP contribution in [0.4, 0.5) is 0 Å². The molecule has 0 aromatic carbocycles. The van der Waals surface area contributed by atoms with Crippen LogP contribution < -0.4 is 5.32 Å². The van der Waals surface area contributed by atoms with Crippen LogP contribution in [0.3, 0.4) is 0 Å². The molecule has 2 aromatic heterocycles. The van der Waals surface area contributed by atoms with Gasteiger partial charge >= 0.3 is 0 Å². The van der Waals surface area contributed by atoms with Crippen LogP contribution in [0.25, 0.3) is 4.96 Å². The summed E-state index contributed by atoms with van der Waals surface area (Å²) in [6.45, 7) is 10.1. The summed E-state index contributed by atoms with van der Waals surface area (Å²) >= 11 is 1.72. The molecule has 0 fully saturated rings. The zero-order valence-electron chi connectivity index (χ0n) is 11.9. The number of hydrogen-bond donors (Lipinski definition) is 1. The minimum absolute atomic E-state index is 1.04. The van der Waals surface area contributed by atoms with E-state index >= 15 is 0 Å². The number of aromatic nitrogens is 2. The third kappa shape index (κ3) is 4.03. The average Bonchev–Trinajstić information content (AvgIpc) is 3.02. The zero-order chi connectivity index (χ0) is 13.5. The molecule has 5 heteroatoms. The van der Waals surface area contributed by atoms with Gasteiger partial charge in [0.15, 0.2) is 4.96 Å². The molecule has 0 saturated heterocycles. The van der Waals surface area contributed by atoms with Gasteiger partial charge in [-0.15, -0.1) is 11.3 Å². The molecule has 2 rings (SSSR count). The monoisotopic (exact) mass is 280 g/mol. The van der Waals surface area contributed by atoms with Gasteiger partial charge < -0.3 is 10.2 Å². The van der Waals surface area contributed by atoms with E-state index in [4.69, 9.17) is 0 Å². The largest absolute Gasteiger partial charge is 0.316 e. The van der Waals surface area contributed by atoms with Crippen LogP contribution >= 0.6 is 11.3 Å². The highest BCUT2D eigenvalue weighted by Crippen LogP contribution is 2.14. The van der Waals surface area contributed by atoms with Crippen molar-refractivity contribution in [2.24, 2.45) is 0 Å². The van der Waals surface area contributed by atoms with E-state index < -0.39 is 0 Å². The van der Waals surface area contributed by atoms with E-state index in [9.17, 15) is 0 Å². The van der Waals surface area contributed by atoms with Gasteiger partial charge in [-0.05, 0) is 32.6 Å². The third-order valence-electron chi connectivity index (χ3n) is 3.50. The van der Waals surface area contributed by atoms with Crippen molar-refractivity contribution in [1.82, 2.24) is 19.6 Å². The Balaban J connectivity index is 1.61. The van der Waals surface area contributed by atoms with E-state index in [0.717, 1.165) is 37.6 Å². The second-order valence-electron chi connectivity index (χ2n) is 4.69. The molecular formula is C14H24N4S. The Morgan fingerprint density at radius 3 is 2.95 bits per heavy atom. The van der Waals surface area contributed by atoms with Crippen molar-refractivity contribution >= 4 is 16.3 Å². The first-order valence-corrected chi connectivity index (χ1v) is 8.05. The Kier molecular flexibility index (Phi) is 5.82. The van der Waals surface area contributed by atoms with Crippen molar-refractivity contribution in [2.75, 3.05) is 32.7 Å². The quantitative estimate of drug-likeness (QED) is 0.715. The zero-order valence-corrected chi connectivity index (χ0v) is 12.7. The average molecular weight is 280 g/mol. The number of thiazole rings is 1. The number of imidazole rings is 1. The molecule has 0 aliphatic carbocycles. The third-order valence-corrected chi connectivity index (χ3v) is 4.40. The topological polar surface area (TPSA) is 32.6 Å². The van der Waals surface area contributed by atoms with Crippen LogP contribution in [0.15, 0.2) is 17.8 Å². The lowest BCUT2D eigenvalue weighted by atomic mass is 10.3. The fourth-order valence-electron chi connectivity index (χ4n) is 2.26. The van der Waals surface area contributed by atoms with Crippen LogP contribution in [-0.4, -0.2) is 47.0 Å². The Morgan fingerprint density at radius 1 is 1.32 bits per heavy atom. The Labute approximate surface area is 119 Å². The van der Waals surface area contributed by atoms with Gasteiger partial charge in [-0.25, -0.2) is 4.98 Å². The molecule has 0 amide bonds. The molecule has 2 aromatic rings. The highest BCUT2D eigenvalue weighted by molar-refractivity contribution is 7.15. The molecule has 0 atom stereocenters. The number of rotatable bonds is 9. The first-order valence-electron chi connectivity index (χ1n) is 7.17. The van der Waals surface area contributed by atoms with Crippen LogP contribution in [0.5, 0.6) is 0 Å². The maximum atomic E-state index is 4.29. The van der Waals surface area contributed by atoms with Gasteiger partial charge in [-0.1, -0.05) is 13.8 Å². The second-order valence-corrected chi connectivity index (χ2v) is 5.52. The maximum absolute atomic E-state index is 4.29. The van der Waals surface area contributed by atoms with Crippen LogP contribution in [0.1, 0.15) is 26.0 Å². The summed E-state index contributed by atoms with van der Waals surface area (Å²) < 4.78 is 2.18. The molecule has 106 valence electrons. The van der Waals surface area contributed by atoms with Gasteiger partial charge in [-0.3, -0.25) is 4.40 Å². The summed E-state index contributed by atoms with van der Waals surface area (Å²) in [6.07, 6.45) is 6.21. The minimum Gasteiger partial charge on any atom is -0.316 e. The summed E-state index contributed by atoms with van der Waals surface area (Å²) in [5.41, 5.74) is 1.36. The van der Waals surface area contributed by atoms with Gasteiger partial charge in [0.05, 0.1) is 0 Å². The molecule has 0 aliphatic rings. The van der Waals surface area contributed by atoms with Gasteiger partial charge in [0.1, 0.15) is 0 Å². The highest BCUT2D eigenvalue weighted by atomic mass is 32.1. The Bertz CT molecular complexity index is 472. The van der Waals surface area contributed by atoms with E-state index in [2.05, 4.69) is 38.8 Å². The van der Waals surface area contributed by atoms with Gasteiger partial charge in [0.25, 0.3) is 0 Å². The van der Waals surface area contributed by atoms with E-state index in [0.29, 0.717) is 0 Å². The van der Waals surface area contributed by atoms with E-state index in [1.807, 2.05) is 12.4 Å². The summed E-state index contributed by atoms with van der Waals surface area (Å²) in [7, 11) is 0. The van der Waals surface area contributed by atoms with Crippen LogP contribution in [0.2, 0.25) is 0 Å². The summed E-state index contributed by atoms with van der Waals surface area (Å²) in [6, 6.07) is 0. The summed E-state index contributed by atoms with van der Waals surface area (Å²) in [4.78, 5) is 7.85. The predicted octanol–water partition coefficient (Wildman–Crippen LogP) is 2.26. The lowest BCUT2D eigenvalue weighted by molar-refractivity contribution is 0.298. The molecule has 0 saturated carbocycles. The van der Waals surface area contributed by atoms with Crippen molar-refractivity contribution in [2.45, 2.75) is 26.7 Å². The van der Waals surface area contributed by atoms with E-state index in [-0.39, 0.29) is 0 Å². The standard InChI is InChI=1S/C14H24N4S/c1-3-17(4-2)10-5-7-15-8-6-13-12-19-14-16-9-11-18(13)14/h9,11-12,15H,3-8,10H2,1-2H3. The SMILES string of the molecule is CCN(CC)CCCNCCc1csc2nccn12. The maximum Gasteiger partial charge on any atom is 0.193 e. The molecule has 19 heavy (non-hydrogen) atoms. The molecule has 0 unspecified atom stereocenters. The van der Waals surface area contributed by atoms with Crippen LogP contribution in [-0.2, 0) is 6.42 Å². The molecule has 0 radical (unpaired) electrons. The minimum atomic E-state index is 1.04. The number of nitrogens with one attached hydrogen (secondary N) is 1. The van der Waals surface area contributed by atoms with Gasteiger partial charge in [0, 0.05) is 36.4 Å². The fraction of sp³-hybridized carbons (Fsp3) is 0.643. The first kappa shape index (κ1) is 14.5. The lowest BCUT2D eigenvalue weighted by Crippen LogP contribution is -2.27. The van der Waals surface area contributed by atoms with Crippen molar-refractivity contribution in [3.63, 3.8) is 0 Å². The highest BCUT2D eigenvalue weighted by Gasteiger charge is 2.03. The van der Waals surface area contributed by atoms with E-state index in [1.165, 1.54) is 18.7 Å². The Morgan fingerprint density at radius 2 is 2.16 bits per heavy atom. The lowest BCUT2D eigenvalue weighted by Gasteiger charge is -2.17. The molecule has 2 heterocycles. The fourth-order valence-corrected chi connectivity index (χ4v) is 3.15. The summed E-state index contributed by atoms with van der Waals surface area (Å²) in [5.74, 6) is 0. The van der Waals surface area contributed by atoms with Gasteiger partial charge in [-0.2, -0.15) is 0 Å². The van der Waals surface area contributed by atoms with E-state index in [1.54, 1.807) is 11.3 Å². The van der Waals surface area contributed by atoms with Crippen molar-refractivity contribution in [3.05, 3.63) is 23.5 Å². The first-order chi connectivity index (χ1) is 9.35. The smallest absolute Gasteiger partial charge is 0.193 e. The molecule has 1 N–H and O–H groups in total. The second kappa shape index (κ2) is 7.62. The Hall–Kier alpha value is -0.910. The number of nitrogens with zero attached hydrogens (tertiary/aromatic N) is 3. The van der Waals surface area contributed by atoms with Crippen molar-refractivity contribution in [3.8, 4) is 0 Å². The van der Waals surface area contributed by atoms with Crippen molar-refractivity contribution in [1.29, 1.82) is 0 Å². The molecule has 0 aliphatic heterocycles. The normalized spacial score (nSPS) is 11.7. The molecular weight excluding hydrogens is 256 g/mol. The number of hydrogen-bond acceptors (Lipinski definition) is 4. The van der Waals surface area contributed by atoms with Crippen molar-refractivity contribution < 1.29 is 0 Å². The van der Waals surface area contributed by atoms with Gasteiger partial charge in [0.2, 0.25) is 0 Å². The van der Waals surface area contributed by atoms with Crippen LogP contribution in [0, 0.1) is 0 Å². The molecule has 4 nitrogen and oxygen atoms in total. The number of fused-ring (bicyclic) bond motifs is 1.